The summed E-state index contributed by atoms with van der Waals surface area (Å²) >= 11 is 0. The monoisotopic (exact) mass is 994 g/mol. The van der Waals surface area contributed by atoms with Crippen LogP contribution in [0.15, 0.2) is 85.1 Å². The molecule has 0 fully saturated rings. The molecule has 9 nitrogen and oxygen atoms in total. The highest BCUT2D eigenvalue weighted by Gasteiger charge is 2.22. The lowest BCUT2D eigenvalue weighted by Gasteiger charge is -2.26. The molecular weight excluding hydrogens is 887 g/mol. The van der Waals surface area contributed by atoms with Crippen molar-refractivity contribution in [3.8, 4) is 0 Å². The van der Waals surface area contributed by atoms with Gasteiger partial charge in [0.15, 0.2) is 12.4 Å². The zero-order valence-electron chi connectivity index (χ0n) is 46.3. The van der Waals surface area contributed by atoms with Gasteiger partial charge in [-0.3, -0.25) is 9.59 Å². The molecule has 0 bridgehead atoms. The van der Waals surface area contributed by atoms with Crippen molar-refractivity contribution in [3.63, 3.8) is 0 Å². The van der Waals surface area contributed by atoms with Crippen LogP contribution >= 0.6 is 0 Å². The summed E-state index contributed by atoms with van der Waals surface area (Å²) in [6.07, 6.45) is 66.2. The largest absolute Gasteiger partial charge is 0.545 e. The first kappa shape index (κ1) is 67.5. The van der Waals surface area contributed by atoms with Crippen molar-refractivity contribution in [2.75, 3.05) is 47.5 Å². The van der Waals surface area contributed by atoms with Crippen LogP contribution in [0.2, 0.25) is 0 Å². The predicted octanol–water partition coefficient (Wildman–Crippen LogP) is 15.5. The number of carboxylic acids is 1. The van der Waals surface area contributed by atoms with E-state index in [1.165, 1.54) is 109 Å². The molecule has 2 unspecified atom stereocenters. The molecule has 0 aliphatic heterocycles. The zero-order chi connectivity index (χ0) is 52.0. The molecule has 0 aromatic carbocycles. The average Bonchev–Trinajstić information content (AvgIpc) is 3.34. The van der Waals surface area contributed by atoms with Crippen LogP contribution in [0.1, 0.15) is 232 Å². The lowest BCUT2D eigenvalue weighted by atomic mass is 10.0. The Bertz CT molecular complexity index is 1440. The van der Waals surface area contributed by atoms with Gasteiger partial charge in [-0.05, 0) is 70.6 Å². The minimum Gasteiger partial charge on any atom is -0.545 e. The number of unbranched alkanes of at least 4 members (excludes halogenated alkanes) is 23. The van der Waals surface area contributed by atoms with Gasteiger partial charge in [-0.2, -0.15) is 0 Å². The van der Waals surface area contributed by atoms with Crippen LogP contribution in [-0.2, 0) is 33.3 Å². The number of carboxylic acid groups (broad SMARTS) is 1. The number of nitrogens with zero attached hydrogens (tertiary/aromatic N) is 1. The van der Waals surface area contributed by atoms with Crippen molar-refractivity contribution >= 4 is 17.9 Å². The maximum absolute atomic E-state index is 12.9. The number of esters is 2. The molecule has 0 rings (SSSR count). The zero-order valence-corrected chi connectivity index (χ0v) is 46.3. The van der Waals surface area contributed by atoms with Gasteiger partial charge in [-0.25, -0.2) is 0 Å². The maximum Gasteiger partial charge on any atom is 0.306 e. The number of quaternary nitrogens is 1. The van der Waals surface area contributed by atoms with Gasteiger partial charge >= 0.3 is 11.9 Å². The quantitative estimate of drug-likeness (QED) is 0.0195. The van der Waals surface area contributed by atoms with E-state index in [9.17, 15) is 19.5 Å². The minimum absolute atomic E-state index is 0.144. The smallest absolute Gasteiger partial charge is 0.306 e. The van der Waals surface area contributed by atoms with Crippen molar-refractivity contribution in [3.05, 3.63) is 85.1 Å². The summed E-state index contributed by atoms with van der Waals surface area (Å²) in [6.45, 7) is 4.63. The molecule has 0 saturated carbocycles. The molecule has 0 spiro atoms. The topological polar surface area (TPSA) is 111 Å². The number of hydrogen-bond donors (Lipinski definition) is 0. The van der Waals surface area contributed by atoms with Gasteiger partial charge in [0, 0.05) is 12.8 Å². The second kappa shape index (κ2) is 52.8. The van der Waals surface area contributed by atoms with Crippen LogP contribution < -0.4 is 5.11 Å². The van der Waals surface area contributed by atoms with E-state index in [0.29, 0.717) is 23.9 Å². The lowest BCUT2D eigenvalue weighted by molar-refractivity contribution is -0.870. The van der Waals surface area contributed by atoms with E-state index in [1.54, 1.807) is 0 Å². The van der Waals surface area contributed by atoms with Crippen LogP contribution in [0.5, 0.6) is 0 Å². The first-order chi connectivity index (χ1) is 34.6. The minimum atomic E-state index is -1.62. The van der Waals surface area contributed by atoms with E-state index in [-0.39, 0.29) is 32.2 Å². The second-order valence-electron chi connectivity index (χ2n) is 20.2. The molecule has 71 heavy (non-hydrogen) atoms. The number of hydrogen-bond acceptors (Lipinski definition) is 8. The van der Waals surface area contributed by atoms with Gasteiger partial charge < -0.3 is 33.3 Å². The van der Waals surface area contributed by atoms with E-state index in [4.69, 9.17) is 18.9 Å². The first-order valence-corrected chi connectivity index (χ1v) is 28.7. The Labute approximate surface area is 436 Å². The molecule has 0 aromatic heterocycles. The summed E-state index contributed by atoms with van der Waals surface area (Å²) in [5.41, 5.74) is 0. The van der Waals surface area contributed by atoms with Crippen LogP contribution in [0.4, 0.5) is 0 Å². The molecule has 0 saturated heterocycles. The van der Waals surface area contributed by atoms with Crippen molar-refractivity contribution in [1.29, 1.82) is 0 Å². The summed E-state index contributed by atoms with van der Waals surface area (Å²) in [7, 11) is 5.92. The van der Waals surface area contributed by atoms with Crippen molar-refractivity contribution in [2.24, 2.45) is 0 Å². The highest BCUT2D eigenvalue weighted by molar-refractivity contribution is 5.70. The van der Waals surface area contributed by atoms with Gasteiger partial charge in [0.05, 0.1) is 40.3 Å². The Kier molecular flexibility index (Phi) is 50.2. The van der Waals surface area contributed by atoms with Crippen LogP contribution in [0.25, 0.3) is 0 Å². The molecule has 0 aromatic rings. The summed E-state index contributed by atoms with van der Waals surface area (Å²) in [5.74, 6) is -2.29. The molecule has 0 N–H and O–H groups in total. The van der Waals surface area contributed by atoms with Crippen molar-refractivity contribution in [2.45, 2.75) is 245 Å². The third-order valence-electron chi connectivity index (χ3n) is 12.2. The molecule has 0 aliphatic rings. The molecule has 0 radical (unpaired) electrons. The molecule has 9 heteroatoms. The van der Waals surface area contributed by atoms with Crippen molar-refractivity contribution < 1.29 is 42.9 Å². The fourth-order valence-corrected chi connectivity index (χ4v) is 7.75. The lowest BCUT2D eigenvalue weighted by Crippen LogP contribution is -2.44. The number of allylic oxidation sites excluding steroid dienone is 14. The van der Waals surface area contributed by atoms with Crippen LogP contribution in [0.3, 0.4) is 0 Å². The fraction of sp³-hybridized carbons (Fsp3) is 0.726. The summed E-state index contributed by atoms with van der Waals surface area (Å²) in [5, 5.41) is 11.8. The molecule has 0 aliphatic carbocycles. The van der Waals surface area contributed by atoms with E-state index in [0.717, 1.165) is 89.9 Å². The Morgan fingerprint density at radius 2 is 0.803 bits per heavy atom. The SMILES string of the molecule is CC/C=C\C/C=C\C/C=C\C/C=C\C/C=C\C/C=C\C/C=C\CCCCCCCCCCCC(=O)OC(COC(=O)CCCCCCCCCCCCCCCCC)COC(OCC[N+](C)(C)C)C(=O)[O-]. The Balaban J connectivity index is 4.24. The molecule has 0 amide bonds. The Morgan fingerprint density at radius 1 is 0.437 bits per heavy atom. The highest BCUT2D eigenvalue weighted by Crippen LogP contribution is 2.16. The van der Waals surface area contributed by atoms with Crippen LogP contribution in [0, 0.1) is 0 Å². The van der Waals surface area contributed by atoms with Gasteiger partial charge in [0.2, 0.25) is 0 Å². The second-order valence-corrected chi connectivity index (χ2v) is 20.2. The Hall–Kier alpha value is -3.53. The predicted molar refractivity (Wildman–Crippen MR) is 297 cm³/mol. The van der Waals surface area contributed by atoms with Crippen LogP contribution in [-0.4, -0.2) is 82.3 Å². The van der Waals surface area contributed by atoms with E-state index < -0.39 is 24.3 Å². The summed E-state index contributed by atoms with van der Waals surface area (Å²) in [4.78, 5) is 37.2. The van der Waals surface area contributed by atoms with Gasteiger partial charge in [0.1, 0.15) is 13.2 Å². The standard InChI is InChI=1S/C62H107NO8/c1-6-8-10-12-14-16-18-20-22-23-24-25-26-27-28-29-30-31-32-33-34-35-36-37-39-41-43-45-47-49-51-53-60(65)71-58(57-70-62(61(66)67)68-55-54-63(3,4)5)56-69-59(64)52-50-48-46-44-42-40-38-21-19-17-15-13-11-9-7-2/h8,10,14,16,20,22,24-25,27-28,30-31,33-34,58,62H,6-7,9,11-13,15,17-19,21,23,26,29,32,35-57H2,1-5H3/b10-8-,16-14-,22-20-,25-24-,28-27-,31-30-,34-33-. The number of aliphatic carboxylic acids is 1. The Morgan fingerprint density at radius 3 is 1.20 bits per heavy atom. The normalized spacial score (nSPS) is 13.4. The molecule has 408 valence electrons. The number of likely N-dealkylation sites (N-methyl/N-ethyl adjacent to an activating group) is 1. The molecule has 0 heterocycles. The first-order valence-electron chi connectivity index (χ1n) is 28.7. The van der Waals surface area contributed by atoms with Gasteiger partial charge in [0.25, 0.3) is 0 Å². The van der Waals surface area contributed by atoms with E-state index in [1.807, 2.05) is 21.1 Å². The number of ether oxygens (including phenoxy) is 4. The van der Waals surface area contributed by atoms with Gasteiger partial charge in [-0.15, -0.1) is 0 Å². The highest BCUT2D eigenvalue weighted by atomic mass is 16.7. The van der Waals surface area contributed by atoms with Crippen molar-refractivity contribution in [1.82, 2.24) is 0 Å². The van der Waals surface area contributed by atoms with E-state index in [2.05, 4.69) is 98.9 Å². The molecular formula is C62H107NO8. The summed E-state index contributed by atoms with van der Waals surface area (Å²) in [6, 6.07) is 0. The third kappa shape index (κ3) is 54.1. The van der Waals surface area contributed by atoms with Gasteiger partial charge in [-0.1, -0.05) is 234 Å². The number of carbonyl (C=O) groups excluding carboxylic acids is 3. The van der Waals surface area contributed by atoms with E-state index >= 15 is 0 Å². The maximum atomic E-state index is 12.9. The fourth-order valence-electron chi connectivity index (χ4n) is 7.75. The number of rotatable bonds is 52. The third-order valence-corrected chi connectivity index (χ3v) is 12.2. The number of carbonyl (C=O) groups is 3. The summed E-state index contributed by atoms with van der Waals surface area (Å²) < 4.78 is 22.7. The molecule has 2 atom stereocenters. The average molecular weight is 995 g/mol.